The van der Waals surface area contributed by atoms with Gasteiger partial charge in [-0.2, -0.15) is 5.10 Å². The number of aromatic nitrogens is 2. The van der Waals surface area contributed by atoms with Crippen LogP contribution in [0.2, 0.25) is 0 Å². The van der Waals surface area contributed by atoms with E-state index >= 15 is 0 Å². The Morgan fingerprint density at radius 1 is 1.30 bits per heavy atom. The maximum Gasteiger partial charge on any atom is 0.144 e. The second-order valence-corrected chi connectivity index (χ2v) is 7.05. The van der Waals surface area contributed by atoms with Gasteiger partial charge in [-0.15, -0.1) is 0 Å². The average molecular weight is 385 g/mol. The predicted molar refractivity (Wildman–Crippen MR) is 90.4 cm³/mol. The quantitative estimate of drug-likeness (QED) is 0.821. The van der Waals surface area contributed by atoms with E-state index in [1.54, 1.807) is 11.8 Å². The van der Waals surface area contributed by atoms with E-state index in [-0.39, 0.29) is 5.41 Å². The fourth-order valence-corrected chi connectivity index (χ4v) is 2.59. The summed E-state index contributed by atoms with van der Waals surface area (Å²) in [6, 6.07) is 7.75. The van der Waals surface area contributed by atoms with Crippen LogP contribution in [0.15, 0.2) is 24.3 Å². The lowest BCUT2D eigenvalue weighted by Gasteiger charge is -2.16. The van der Waals surface area contributed by atoms with Crippen molar-refractivity contribution in [3.05, 3.63) is 33.5 Å². The number of anilines is 1. The molecular formula is C15H20IN3O. The molecule has 0 aliphatic rings. The molecule has 0 atom stereocenters. The highest BCUT2D eigenvalue weighted by molar-refractivity contribution is 14.1. The Morgan fingerprint density at radius 3 is 2.55 bits per heavy atom. The minimum atomic E-state index is 0.173. The summed E-state index contributed by atoms with van der Waals surface area (Å²) >= 11 is 2.27. The van der Waals surface area contributed by atoms with Gasteiger partial charge >= 0.3 is 0 Å². The first-order valence-electron chi connectivity index (χ1n) is 6.50. The van der Waals surface area contributed by atoms with Crippen molar-refractivity contribution in [2.45, 2.75) is 27.2 Å². The van der Waals surface area contributed by atoms with Crippen LogP contribution in [-0.2, 0) is 6.42 Å². The van der Waals surface area contributed by atoms with Crippen molar-refractivity contribution < 1.29 is 4.74 Å². The molecule has 0 saturated carbocycles. The monoisotopic (exact) mass is 385 g/mol. The fraction of sp³-hybridized carbons (Fsp3) is 0.400. The van der Waals surface area contributed by atoms with E-state index in [1.165, 1.54) is 0 Å². The molecule has 1 aromatic carbocycles. The lowest BCUT2D eigenvalue weighted by atomic mass is 9.91. The number of rotatable bonds is 3. The van der Waals surface area contributed by atoms with E-state index in [1.807, 2.05) is 24.3 Å². The van der Waals surface area contributed by atoms with Gasteiger partial charge in [-0.05, 0) is 46.6 Å². The van der Waals surface area contributed by atoms with E-state index in [0.717, 1.165) is 27.1 Å². The highest BCUT2D eigenvalue weighted by Crippen LogP contribution is 2.31. The molecule has 0 amide bonds. The zero-order chi connectivity index (χ0) is 14.9. The number of hydrogen-bond donors (Lipinski definition) is 1. The third-order valence-electron chi connectivity index (χ3n) is 2.94. The van der Waals surface area contributed by atoms with E-state index < -0.39 is 0 Å². The van der Waals surface area contributed by atoms with Crippen LogP contribution >= 0.6 is 22.6 Å². The van der Waals surface area contributed by atoms with Crippen LogP contribution in [0.4, 0.5) is 5.82 Å². The molecule has 0 radical (unpaired) electrons. The van der Waals surface area contributed by atoms with Crippen molar-refractivity contribution in [3.8, 4) is 11.4 Å². The van der Waals surface area contributed by atoms with Gasteiger partial charge in [-0.25, -0.2) is 4.68 Å². The molecule has 0 aliphatic heterocycles. The number of hydrogen-bond acceptors (Lipinski definition) is 3. The number of methoxy groups -OCH3 is 1. The van der Waals surface area contributed by atoms with Crippen molar-refractivity contribution in [1.29, 1.82) is 0 Å². The molecule has 1 aromatic heterocycles. The summed E-state index contributed by atoms with van der Waals surface area (Å²) < 4.78 is 8.17. The minimum absolute atomic E-state index is 0.173. The molecule has 0 unspecified atom stereocenters. The summed E-state index contributed by atoms with van der Waals surface area (Å²) in [5.74, 6) is 1.43. The Balaban J connectivity index is 2.51. The molecule has 5 heteroatoms. The SMILES string of the molecule is COc1ccccc1-n1nc(CC(C)(C)C)c(I)c1N. The second-order valence-electron chi connectivity index (χ2n) is 5.97. The highest BCUT2D eigenvalue weighted by Gasteiger charge is 2.21. The molecule has 0 saturated heterocycles. The molecule has 0 spiro atoms. The van der Waals surface area contributed by atoms with Crippen molar-refractivity contribution in [2.24, 2.45) is 5.41 Å². The van der Waals surface area contributed by atoms with Crippen LogP contribution in [-0.4, -0.2) is 16.9 Å². The molecule has 108 valence electrons. The van der Waals surface area contributed by atoms with Gasteiger partial charge in [0.25, 0.3) is 0 Å². The molecule has 1 heterocycles. The lowest BCUT2D eigenvalue weighted by molar-refractivity contribution is 0.402. The summed E-state index contributed by atoms with van der Waals surface area (Å²) in [5.41, 5.74) is 8.28. The van der Waals surface area contributed by atoms with Crippen LogP contribution in [0.25, 0.3) is 5.69 Å². The van der Waals surface area contributed by atoms with E-state index in [0.29, 0.717) is 5.82 Å². The lowest BCUT2D eigenvalue weighted by Crippen LogP contribution is -2.11. The number of nitrogens with two attached hydrogens (primary N) is 1. The highest BCUT2D eigenvalue weighted by atomic mass is 127. The van der Waals surface area contributed by atoms with Gasteiger partial charge in [0, 0.05) is 0 Å². The van der Waals surface area contributed by atoms with Gasteiger partial charge in [-0.1, -0.05) is 32.9 Å². The zero-order valence-electron chi connectivity index (χ0n) is 12.3. The zero-order valence-corrected chi connectivity index (χ0v) is 14.4. The number of halogens is 1. The Bertz CT molecular complexity index is 614. The first-order chi connectivity index (χ1) is 9.33. The van der Waals surface area contributed by atoms with Gasteiger partial charge in [0.15, 0.2) is 0 Å². The minimum Gasteiger partial charge on any atom is -0.494 e. The first-order valence-corrected chi connectivity index (χ1v) is 7.57. The molecule has 2 rings (SSSR count). The van der Waals surface area contributed by atoms with E-state index in [2.05, 4.69) is 48.5 Å². The molecule has 2 N–H and O–H groups in total. The molecule has 4 nitrogen and oxygen atoms in total. The third-order valence-corrected chi connectivity index (χ3v) is 4.11. The summed E-state index contributed by atoms with van der Waals surface area (Å²) in [6.45, 7) is 6.59. The maximum atomic E-state index is 6.22. The van der Waals surface area contributed by atoms with Crippen molar-refractivity contribution in [3.63, 3.8) is 0 Å². The Morgan fingerprint density at radius 2 is 1.95 bits per heavy atom. The number of ether oxygens (including phenoxy) is 1. The topological polar surface area (TPSA) is 53.1 Å². The molecule has 0 fully saturated rings. The standard InChI is InChI=1S/C15H20IN3O/c1-15(2,3)9-10-13(16)14(17)19(18-10)11-7-5-6-8-12(11)20-4/h5-8H,9,17H2,1-4H3. The molecule has 20 heavy (non-hydrogen) atoms. The molecular weight excluding hydrogens is 365 g/mol. The van der Waals surface area contributed by atoms with Gasteiger partial charge in [0.05, 0.1) is 16.4 Å². The molecule has 0 aliphatic carbocycles. The summed E-state index contributed by atoms with van der Waals surface area (Å²) in [4.78, 5) is 0. The molecule has 0 bridgehead atoms. The average Bonchev–Trinajstić information content (AvgIpc) is 2.65. The van der Waals surface area contributed by atoms with Crippen LogP contribution in [0.1, 0.15) is 26.5 Å². The smallest absolute Gasteiger partial charge is 0.144 e. The summed E-state index contributed by atoms with van der Waals surface area (Å²) in [6.07, 6.45) is 0.887. The van der Waals surface area contributed by atoms with Gasteiger partial charge in [-0.3, -0.25) is 0 Å². The van der Waals surface area contributed by atoms with E-state index in [4.69, 9.17) is 10.5 Å². The fourth-order valence-electron chi connectivity index (χ4n) is 2.06. The second kappa shape index (κ2) is 5.63. The summed E-state index contributed by atoms with van der Waals surface area (Å²) in [5, 5.41) is 4.68. The Hall–Kier alpha value is -1.24. The number of para-hydroxylation sites is 2. The number of benzene rings is 1. The van der Waals surface area contributed by atoms with Crippen LogP contribution in [0.3, 0.4) is 0 Å². The van der Waals surface area contributed by atoms with Gasteiger partial charge in [0.1, 0.15) is 17.3 Å². The van der Waals surface area contributed by atoms with Crippen LogP contribution in [0.5, 0.6) is 5.75 Å². The maximum absolute atomic E-state index is 6.22. The van der Waals surface area contributed by atoms with Crippen molar-refractivity contribution in [1.82, 2.24) is 9.78 Å². The van der Waals surface area contributed by atoms with Gasteiger partial charge < -0.3 is 10.5 Å². The van der Waals surface area contributed by atoms with Crippen LogP contribution < -0.4 is 10.5 Å². The number of nitrogens with zero attached hydrogens (tertiary/aromatic N) is 2. The van der Waals surface area contributed by atoms with Gasteiger partial charge in [0.2, 0.25) is 0 Å². The third kappa shape index (κ3) is 3.08. The van der Waals surface area contributed by atoms with Crippen LogP contribution in [0, 0.1) is 8.99 Å². The van der Waals surface area contributed by atoms with Crippen molar-refractivity contribution in [2.75, 3.05) is 12.8 Å². The largest absolute Gasteiger partial charge is 0.494 e. The summed E-state index contributed by atoms with van der Waals surface area (Å²) in [7, 11) is 1.65. The normalized spacial score (nSPS) is 11.7. The Kier molecular flexibility index (Phi) is 4.27. The van der Waals surface area contributed by atoms with E-state index in [9.17, 15) is 0 Å². The number of nitrogen functional groups attached to an aromatic ring is 1. The first kappa shape index (κ1) is 15.2. The Labute approximate surface area is 133 Å². The predicted octanol–water partition coefficient (Wildman–Crippen LogP) is 3.66. The van der Waals surface area contributed by atoms with Crippen molar-refractivity contribution >= 4 is 28.4 Å². The molecule has 2 aromatic rings.